The van der Waals surface area contributed by atoms with E-state index in [1.807, 2.05) is 31.2 Å². The minimum absolute atomic E-state index is 0.00714. The number of amides is 1. The van der Waals surface area contributed by atoms with E-state index >= 15 is 0 Å². The molecule has 0 spiro atoms. The number of nitrogens with zero attached hydrogens (tertiary/aromatic N) is 4. The molecule has 0 aliphatic carbocycles. The third-order valence-corrected chi connectivity index (χ3v) is 7.69. The van der Waals surface area contributed by atoms with Crippen molar-refractivity contribution in [2.45, 2.75) is 38.4 Å². The van der Waals surface area contributed by atoms with Crippen LogP contribution in [0.3, 0.4) is 0 Å². The highest BCUT2D eigenvalue weighted by Gasteiger charge is 2.35. The zero-order valence-electron chi connectivity index (χ0n) is 22.8. The number of pyridine rings is 2. The van der Waals surface area contributed by atoms with E-state index in [0.29, 0.717) is 34.5 Å². The predicted octanol–water partition coefficient (Wildman–Crippen LogP) is 6.29. The van der Waals surface area contributed by atoms with Gasteiger partial charge in [-0.15, -0.1) is 0 Å². The van der Waals surface area contributed by atoms with Crippen molar-refractivity contribution in [2.24, 2.45) is 0 Å². The fourth-order valence-electron chi connectivity index (χ4n) is 5.45. The number of piperidine rings is 1. The molecule has 9 heteroatoms. The summed E-state index contributed by atoms with van der Waals surface area (Å²) >= 11 is 0. The maximum atomic E-state index is 13.9. The number of aromatic nitrogens is 2. The van der Waals surface area contributed by atoms with Crippen molar-refractivity contribution in [2.75, 3.05) is 32.9 Å². The van der Waals surface area contributed by atoms with Crippen molar-refractivity contribution in [1.29, 1.82) is 0 Å². The van der Waals surface area contributed by atoms with Crippen molar-refractivity contribution in [3.63, 3.8) is 0 Å². The monoisotopic (exact) mass is 547 g/mol. The van der Waals surface area contributed by atoms with E-state index in [9.17, 15) is 18.0 Å². The van der Waals surface area contributed by atoms with Crippen LogP contribution >= 0.6 is 0 Å². The summed E-state index contributed by atoms with van der Waals surface area (Å²) in [5.41, 5.74) is 9.63. The van der Waals surface area contributed by atoms with E-state index < -0.39 is 11.7 Å². The van der Waals surface area contributed by atoms with Gasteiger partial charge in [-0.05, 0) is 91.9 Å². The molecule has 1 saturated heterocycles. The van der Waals surface area contributed by atoms with Gasteiger partial charge in [0.1, 0.15) is 0 Å². The van der Waals surface area contributed by atoms with Crippen LogP contribution in [0.1, 0.15) is 51.4 Å². The SMILES string of the molecule is Cc1cc2nccc(-c3ncc(N)cc3C(F)(F)F)c2cc1CN1CCC(c2ccc(C(=O)N(C)C)cc2)CC1. The molecule has 2 aromatic carbocycles. The van der Waals surface area contributed by atoms with Gasteiger partial charge < -0.3 is 10.6 Å². The lowest BCUT2D eigenvalue weighted by atomic mass is 9.88. The van der Waals surface area contributed by atoms with E-state index in [1.165, 1.54) is 18.0 Å². The first kappa shape index (κ1) is 27.6. The Morgan fingerprint density at radius 3 is 2.40 bits per heavy atom. The van der Waals surface area contributed by atoms with Crippen molar-refractivity contribution in [3.8, 4) is 11.3 Å². The van der Waals surface area contributed by atoms with Gasteiger partial charge in [0.25, 0.3) is 5.91 Å². The summed E-state index contributed by atoms with van der Waals surface area (Å²) < 4.78 is 41.6. The topological polar surface area (TPSA) is 75.3 Å². The summed E-state index contributed by atoms with van der Waals surface area (Å²) in [7, 11) is 3.49. The molecular formula is C31H32F3N5O. The summed E-state index contributed by atoms with van der Waals surface area (Å²) in [6, 6.07) is 14.3. The Kier molecular flexibility index (Phi) is 7.51. The Labute approximate surface area is 231 Å². The van der Waals surface area contributed by atoms with Crippen LogP contribution in [-0.4, -0.2) is 52.9 Å². The quantitative estimate of drug-likeness (QED) is 0.318. The van der Waals surface area contributed by atoms with Crippen LogP contribution in [0, 0.1) is 6.92 Å². The van der Waals surface area contributed by atoms with E-state index in [0.717, 1.165) is 43.1 Å². The number of aryl methyl sites for hydroxylation is 1. The van der Waals surface area contributed by atoms with Crippen molar-refractivity contribution >= 4 is 22.5 Å². The average Bonchev–Trinajstić information content (AvgIpc) is 2.93. The number of fused-ring (bicyclic) bond motifs is 1. The number of hydrogen-bond donors (Lipinski definition) is 1. The first-order chi connectivity index (χ1) is 19.0. The van der Waals surface area contributed by atoms with Gasteiger partial charge in [-0.1, -0.05) is 12.1 Å². The second-order valence-electron chi connectivity index (χ2n) is 10.7. The summed E-state index contributed by atoms with van der Waals surface area (Å²) in [4.78, 5) is 24.7. The van der Waals surface area contributed by atoms with Gasteiger partial charge in [-0.3, -0.25) is 19.7 Å². The second kappa shape index (κ2) is 10.9. The van der Waals surface area contributed by atoms with Crippen LogP contribution in [0.15, 0.2) is 60.9 Å². The van der Waals surface area contributed by atoms with Gasteiger partial charge in [-0.2, -0.15) is 13.2 Å². The van der Waals surface area contributed by atoms with Gasteiger partial charge >= 0.3 is 6.18 Å². The first-order valence-electron chi connectivity index (χ1n) is 13.3. The van der Waals surface area contributed by atoms with E-state index in [2.05, 4.69) is 27.0 Å². The van der Waals surface area contributed by atoms with Crippen LogP contribution in [-0.2, 0) is 12.7 Å². The number of halogens is 3. The Hall–Kier alpha value is -3.98. The highest BCUT2D eigenvalue weighted by atomic mass is 19.4. The Bertz CT molecular complexity index is 1540. The molecule has 0 radical (unpaired) electrons. The summed E-state index contributed by atoms with van der Waals surface area (Å²) in [6.45, 7) is 4.51. The standard InChI is InChI=1S/C31H32F3N5O/c1-19-14-28-26(25(8-11-36-28)29-27(31(32,33)34)16-24(35)17-37-29)15-23(19)18-39-12-9-21(10-13-39)20-4-6-22(7-5-20)30(40)38(2)3/h4-8,11,14-17,21H,9-10,12-13,18,35H2,1-3H3. The molecule has 1 aliphatic heterocycles. The molecule has 5 rings (SSSR count). The molecule has 3 heterocycles. The van der Waals surface area contributed by atoms with Crippen LogP contribution in [0.25, 0.3) is 22.2 Å². The van der Waals surface area contributed by atoms with E-state index in [-0.39, 0.29) is 17.3 Å². The van der Waals surface area contributed by atoms with Gasteiger partial charge in [0.2, 0.25) is 0 Å². The Morgan fingerprint density at radius 2 is 1.75 bits per heavy atom. The van der Waals surface area contributed by atoms with Gasteiger partial charge in [0.15, 0.2) is 0 Å². The molecule has 1 amide bonds. The van der Waals surface area contributed by atoms with Crippen LogP contribution in [0.5, 0.6) is 0 Å². The largest absolute Gasteiger partial charge is 0.418 e. The Morgan fingerprint density at radius 1 is 1.05 bits per heavy atom. The normalized spacial score (nSPS) is 14.9. The lowest BCUT2D eigenvalue weighted by Crippen LogP contribution is -2.32. The lowest BCUT2D eigenvalue weighted by molar-refractivity contribution is -0.137. The molecule has 6 nitrogen and oxygen atoms in total. The summed E-state index contributed by atoms with van der Waals surface area (Å²) in [6.07, 6.45) is 0.162. The van der Waals surface area contributed by atoms with Crippen LogP contribution < -0.4 is 5.73 Å². The number of likely N-dealkylation sites (tertiary alicyclic amines) is 1. The number of carbonyl (C=O) groups excluding carboxylic acids is 1. The molecule has 2 aromatic heterocycles. The third-order valence-electron chi connectivity index (χ3n) is 7.69. The first-order valence-corrected chi connectivity index (χ1v) is 13.3. The number of alkyl halides is 3. The van der Waals surface area contributed by atoms with Crippen molar-refractivity contribution in [1.82, 2.24) is 19.8 Å². The fraction of sp³-hybridized carbons (Fsp3) is 0.323. The molecule has 0 atom stereocenters. The molecular weight excluding hydrogens is 515 g/mol. The minimum atomic E-state index is -4.59. The van der Waals surface area contributed by atoms with Crippen LogP contribution in [0.4, 0.5) is 18.9 Å². The highest BCUT2D eigenvalue weighted by Crippen LogP contribution is 2.39. The highest BCUT2D eigenvalue weighted by molar-refractivity contribution is 5.95. The van der Waals surface area contributed by atoms with Gasteiger partial charge in [-0.25, -0.2) is 0 Å². The molecule has 4 aromatic rings. The number of nitrogens with two attached hydrogens (primary N) is 1. The molecule has 0 unspecified atom stereocenters. The molecule has 0 saturated carbocycles. The Balaban J connectivity index is 1.36. The summed E-state index contributed by atoms with van der Waals surface area (Å²) in [5.74, 6) is 0.415. The predicted molar refractivity (Wildman–Crippen MR) is 151 cm³/mol. The van der Waals surface area contributed by atoms with Crippen LogP contribution in [0.2, 0.25) is 0 Å². The van der Waals surface area contributed by atoms with E-state index in [4.69, 9.17) is 5.73 Å². The average molecular weight is 548 g/mol. The minimum Gasteiger partial charge on any atom is -0.397 e. The molecule has 2 N–H and O–H groups in total. The van der Waals surface area contributed by atoms with Crippen molar-refractivity contribution < 1.29 is 18.0 Å². The number of rotatable bonds is 5. The zero-order valence-corrected chi connectivity index (χ0v) is 22.8. The van der Waals surface area contributed by atoms with E-state index in [1.54, 1.807) is 25.1 Å². The molecule has 1 aliphatic rings. The smallest absolute Gasteiger partial charge is 0.397 e. The lowest BCUT2D eigenvalue weighted by Gasteiger charge is -2.32. The number of benzene rings is 2. The zero-order chi connectivity index (χ0) is 28.6. The maximum Gasteiger partial charge on any atom is 0.418 e. The molecule has 208 valence electrons. The van der Waals surface area contributed by atoms with Gasteiger partial charge in [0, 0.05) is 43.4 Å². The number of carbonyl (C=O) groups is 1. The number of hydrogen-bond acceptors (Lipinski definition) is 5. The third kappa shape index (κ3) is 5.65. The number of nitrogen functional groups attached to an aromatic ring is 1. The number of anilines is 1. The summed E-state index contributed by atoms with van der Waals surface area (Å²) in [5, 5.41) is 0.633. The van der Waals surface area contributed by atoms with Gasteiger partial charge in [0.05, 0.1) is 28.7 Å². The second-order valence-corrected chi connectivity index (χ2v) is 10.7. The fourth-order valence-corrected chi connectivity index (χ4v) is 5.45. The maximum absolute atomic E-state index is 13.9. The van der Waals surface area contributed by atoms with Crippen molar-refractivity contribution in [3.05, 3.63) is 88.7 Å². The molecule has 0 bridgehead atoms. The molecule has 1 fully saturated rings. The molecule has 40 heavy (non-hydrogen) atoms.